The summed E-state index contributed by atoms with van der Waals surface area (Å²) in [7, 11) is 1.81. The van der Waals surface area contributed by atoms with Gasteiger partial charge in [0.1, 0.15) is 0 Å². The Balaban J connectivity index is 2.11. The highest BCUT2D eigenvalue weighted by atomic mass is 15.5. The molecular weight excluding hydrogens is 190 g/mol. The lowest BCUT2D eigenvalue weighted by atomic mass is 10.2. The van der Waals surface area contributed by atoms with Crippen LogP contribution in [0.25, 0.3) is 0 Å². The van der Waals surface area contributed by atoms with E-state index in [0.29, 0.717) is 6.54 Å². The molecule has 0 saturated carbocycles. The van der Waals surface area contributed by atoms with Crippen LogP contribution >= 0.6 is 0 Å². The Morgan fingerprint density at radius 2 is 1.80 bits per heavy atom. The van der Waals surface area contributed by atoms with Gasteiger partial charge in [-0.15, -0.1) is 0 Å². The van der Waals surface area contributed by atoms with E-state index in [1.807, 2.05) is 31.3 Å². The van der Waals surface area contributed by atoms with E-state index >= 15 is 0 Å². The largest absolute Gasteiger partial charge is 0.314 e. The molecule has 0 aliphatic rings. The van der Waals surface area contributed by atoms with Gasteiger partial charge in [0.25, 0.3) is 0 Å². The molecule has 0 amide bonds. The average molecular weight is 203 g/mol. The van der Waals surface area contributed by atoms with Crippen LogP contribution in [0.4, 0.5) is 5.69 Å². The number of benzene rings is 1. The van der Waals surface area contributed by atoms with Crippen molar-refractivity contribution in [2.24, 2.45) is 5.84 Å². The van der Waals surface area contributed by atoms with Crippen molar-refractivity contribution in [1.29, 1.82) is 0 Å². The highest BCUT2D eigenvalue weighted by molar-refractivity contribution is 5.45. The fourth-order valence-corrected chi connectivity index (χ4v) is 1.32. The van der Waals surface area contributed by atoms with E-state index < -0.39 is 0 Å². The summed E-state index contributed by atoms with van der Waals surface area (Å²) in [4.78, 5) is 1.64. The van der Waals surface area contributed by atoms with Crippen molar-refractivity contribution in [3.63, 3.8) is 0 Å². The maximum absolute atomic E-state index is 5.60. The van der Waals surface area contributed by atoms with Crippen LogP contribution < -0.4 is 10.9 Å². The molecule has 15 heavy (non-hydrogen) atoms. The van der Waals surface area contributed by atoms with Crippen LogP contribution in [0.5, 0.6) is 0 Å². The average Bonchev–Trinajstić information content (AvgIpc) is 2.71. The van der Waals surface area contributed by atoms with E-state index in [9.17, 15) is 0 Å². The quantitative estimate of drug-likeness (QED) is 0.587. The van der Waals surface area contributed by atoms with Gasteiger partial charge in [-0.1, -0.05) is 12.1 Å². The third-order valence-corrected chi connectivity index (χ3v) is 2.13. The van der Waals surface area contributed by atoms with E-state index in [2.05, 4.69) is 10.2 Å². The number of hydrogen-bond donors (Lipinski definition) is 1. The standard InChI is InChI=1S/C10H13N5/c1-14(11)10-4-2-9(3-5-10)8-15-12-6-7-13-15/h2-7H,8,11H2,1H3. The lowest BCUT2D eigenvalue weighted by Crippen LogP contribution is -2.24. The third-order valence-electron chi connectivity index (χ3n) is 2.13. The predicted octanol–water partition coefficient (Wildman–Crippen LogP) is 0.636. The van der Waals surface area contributed by atoms with Gasteiger partial charge in [-0.05, 0) is 17.7 Å². The molecule has 0 aliphatic carbocycles. The van der Waals surface area contributed by atoms with Crippen LogP contribution in [0.3, 0.4) is 0 Å². The van der Waals surface area contributed by atoms with Gasteiger partial charge in [-0.3, -0.25) is 0 Å². The molecule has 1 heterocycles. The topological polar surface area (TPSA) is 60.0 Å². The Labute approximate surface area is 88.1 Å². The monoisotopic (exact) mass is 203 g/mol. The molecule has 78 valence electrons. The molecule has 0 aliphatic heterocycles. The van der Waals surface area contributed by atoms with E-state index in [1.54, 1.807) is 22.2 Å². The van der Waals surface area contributed by atoms with Gasteiger partial charge in [-0.25, -0.2) is 5.84 Å². The Kier molecular flexibility index (Phi) is 2.64. The van der Waals surface area contributed by atoms with Crippen LogP contribution in [0.15, 0.2) is 36.7 Å². The summed E-state index contributed by atoms with van der Waals surface area (Å²) < 4.78 is 0. The minimum atomic E-state index is 0.682. The van der Waals surface area contributed by atoms with Crippen molar-refractivity contribution in [3.8, 4) is 0 Å². The number of nitrogens with two attached hydrogens (primary N) is 1. The van der Waals surface area contributed by atoms with Crippen molar-refractivity contribution < 1.29 is 0 Å². The van der Waals surface area contributed by atoms with Gasteiger partial charge in [0.15, 0.2) is 0 Å². The van der Waals surface area contributed by atoms with Crippen molar-refractivity contribution in [3.05, 3.63) is 42.2 Å². The lowest BCUT2D eigenvalue weighted by Gasteiger charge is -2.11. The van der Waals surface area contributed by atoms with Crippen molar-refractivity contribution in [2.45, 2.75) is 6.54 Å². The van der Waals surface area contributed by atoms with Gasteiger partial charge in [0, 0.05) is 7.05 Å². The number of aromatic nitrogens is 3. The Morgan fingerprint density at radius 3 is 2.33 bits per heavy atom. The molecule has 0 unspecified atom stereocenters. The smallest absolute Gasteiger partial charge is 0.0857 e. The first-order valence-corrected chi connectivity index (χ1v) is 4.67. The molecular formula is C10H13N5. The maximum Gasteiger partial charge on any atom is 0.0857 e. The van der Waals surface area contributed by atoms with E-state index in [-0.39, 0.29) is 0 Å². The number of rotatable bonds is 3. The second-order valence-corrected chi connectivity index (χ2v) is 3.34. The Bertz CT molecular complexity index is 404. The summed E-state index contributed by atoms with van der Waals surface area (Å²) in [6.07, 6.45) is 3.34. The van der Waals surface area contributed by atoms with Crippen LogP contribution in [-0.2, 0) is 6.54 Å². The summed E-state index contributed by atoms with van der Waals surface area (Å²) >= 11 is 0. The van der Waals surface area contributed by atoms with Crippen LogP contribution in [-0.4, -0.2) is 22.0 Å². The van der Waals surface area contributed by atoms with Crippen molar-refractivity contribution in [1.82, 2.24) is 15.0 Å². The van der Waals surface area contributed by atoms with Crippen LogP contribution in [0.2, 0.25) is 0 Å². The Hall–Kier alpha value is -1.88. The highest BCUT2D eigenvalue weighted by Crippen LogP contribution is 2.11. The molecule has 5 heteroatoms. The van der Waals surface area contributed by atoms with Crippen molar-refractivity contribution in [2.75, 3.05) is 12.1 Å². The third kappa shape index (κ3) is 2.32. The van der Waals surface area contributed by atoms with Crippen LogP contribution in [0.1, 0.15) is 5.56 Å². The SMILES string of the molecule is CN(N)c1ccc(Cn2nccn2)cc1. The number of anilines is 1. The first-order valence-electron chi connectivity index (χ1n) is 4.67. The molecule has 0 radical (unpaired) electrons. The van der Waals surface area contributed by atoms with E-state index in [4.69, 9.17) is 5.84 Å². The summed E-state index contributed by atoms with van der Waals surface area (Å²) in [6.45, 7) is 0.682. The molecule has 1 aromatic heterocycles. The minimum Gasteiger partial charge on any atom is -0.314 e. The van der Waals surface area contributed by atoms with Gasteiger partial charge in [-0.2, -0.15) is 15.0 Å². The molecule has 2 rings (SSSR count). The lowest BCUT2D eigenvalue weighted by molar-refractivity contribution is 0.591. The summed E-state index contributed by atoms with van der Waals surface area (Å²) in [5.74, 6) is 5.60. The van der Waals surface area contributed by atoms with Gasteiger partial charge in [0.05, 0.1) is 24.6 Å². The van der Waals surface area contributed by atoms with Gasteiger partial charge < -0.3 is 5.01 Å². The molecule has 2 aromatic rings. The summed E-state index contributed by atoms with van der Waals surface area (Å²) in [6, 6.07) is 7.97. The minimum absolute atomic E-state index is 0.682. The normalized spacial score (nSPS) is 10.3. The zero-order valence-electron chi connectivity index (χ0n) is 8.54. The summed E-state index contributed by atoms with van der Waals surface area (Å²) in [5.41, 5.74) is 2.13. The second-order valence-electron chi connectivity index (χ2n) is 3.34. The number of hydrazine groups is 1. The number of hydrogen-bond acceptors (Lipinski definition) is 4. The first-order chi connectivity index (χ1) is 7.25. The molecule has 0 saturated heterocycles. The van der Waals surface area contributed by atoms with Gasteiger partial charge >= 0.3 is 0 Å². The van der Waals surface area contributed by atoms with Gasteiger partial charge in [0.2, 0.25) is 0 Å². The number of nitrogens with zero attached hydrogens (tertiary/aromatic N) is 4. The zero-order chi connectivity index (χ0) is 10.7. The van der Waals surface area contributed by atoms with Crippen molar-refractivity contribution >= 4 is 5.69 Å². The highest BCUT2D eigenvalue weighted by Gasteiger charge is 1.98. The zero-order valence-corrected chi connectivity index (χ0v) is 8.54. The predicted molar refractivity (Wildman–Crippen MR) is 58.2 cm³/mol. The molecule has 1 aromatic carbocycles. The van der Waals surface area contributed by atoms with Crippen LogP contribution in [0, 0.1) is 0 Å². The molecule has 5 nitrogen and oxygen atoms in total. The molecule has 2 N–H and O–H groups in total. The second kappa shape index (κ2) is 4.10. The maximum atomic E-state index is 5.60. The molecule has 0 bridgehead atoms. The first kappa shape index (κ1) is 9.67. The molecule has 0 fully saturated rings. The fraction of sp³-hybridized carbons (Fsp3) is 0.200. The molecule has 0 spiro atoms. The van der Waals surface area contributed by atoms with E-state index in [1.165, 1.54) is 0 Å². The Morgan fingerprint density at radius 1 is 1.20 bits per heavy atom. The summed E-state index contributed by atoms with van der Waals surface area (Å²) in [5, 5.41) is 9.66. The van der Waals surface area contributed by atoms with E-state index in [0.717, 1.165) is 11.3 Å². The fourth-order valence-electron chi connectivity index (χ4n) is 1.32. The molecule has 0 atom stereocenters.